The predicted molar refractivity (Wildman–Crippen MR) is 85.5 cm³/mol. The minimum absolute atomic E-state index is 0.228. The Kier molecular flexibility index (Phi) is 3.91. The smallest absolute Gasteiger partial charge is 0.145 e. The first kappa shape index (κ1) is 14.5. The molecule has 0 spiro atoms. The van der Waals surface area contributed by atoms with Crippen molar-refractivity contribution in [2.45, 2.75) is 37.8 Å². The summed E-state index contributed by atoms with van der Waals surface area (Å²) in [6.07, 6.45) is 8.21. The number of pyridine rings is 1. The highest BCUT2D eigenvalue weighted by Crippen LogP contribution is 2.38. The minimum Gasteiger partial charge on any atom is -0.366 e. The summed E-state index contributed by atoms with van der Waals surface area (Å²) in [6.45, 7) is 2.48. The summed E-state index contributed by atoms with van der Waals surface area (Å²) in [5.74, 6) is 2.20. The summed E-state index contributed by atoms with van der Waals surface area (Å²) < 4.78 is 13.7. The Morgan fingerprint density at radius 3 is 2.96 bits per heavy atom. The number of aromatic nitrogens is 3. The van der Waals surface area contributed by atoms with Crippen LogP contribution in [-0.2, 0) is 6.54 Å². The molecule has 1 unspecified atom stereocenters. The van der Waals surface area contributed by atoms with Crippen LogP contribution in [0.15, 0.2) is 30.7 Å². The molecule has 1 saturated carbocycles. The molecule has 6 heteroatoms. The summed E-state index contributed by atoms with van der Waals surface area (Å²) in [7, 11) is 0. The monoisotopic (exact) mass is 313 g/mol. The van der Waals surface area contributed by atoms with Gasteiger partial charge in [0.1, 0.15) is 17.5 Å². The maximum Gasteiger partial charge on any atom is 0.145 e. The first-order valence-corrected chi connectivity index (χ1v) is 8.18. The lowest BCUT2D eigenvalue weighted by atomic mass is 10.2. The Bertz CT molecular complexity index is 688. The van der Waals surface area contributed by atoms with Crippen LogP contribution in [-0.4, -0.2) is 39.0 Å². The average Bonchev–Trinajstić information content (AvgIpc) is 3.32. The Morgan fingerprint density at radius 2 is 2.13 bits per heavy atom. The predicted octanol–water partition coefficient (Wildman–Crippen LogP) is 2.57. The molecule has 2 aromatic rings. The van der Waals surface area contributed by atoms with Gasteiger partial charge in [-0.1, -0.05) is 0 Å². The zero-order chi connectivity index (χ0) is 15.6. The summed E-state index contributed by atoms with van der Waals surface area (Å²) >= 11 is 0. The summed E-state index contributed by atoms with van der Waals surface area (Å²) in [6, 6.07) is 4.03. The number of anilines is 1. The van der Waals surface area contributed by atoms with Gasteiger partial charge in [0.15, 0.2) is 0 Å². The molecule has 1 N–H and O–H groups in total. The first-order valence-electron chi connectivity index (χ1n) is 8.18. The summed E-state index contributed by atoms with van der Waals surface area (Å²) in [5, 5.41) is 3.50. The molecule has 3 heterocycles. The van der Waals surface area contributed by atoms with E-state index in [9.17, 15) is 4.39 Å². The topological polar surface area (TPSA) is 53.9 Å². The van der Waals surface area contributed by atoms with Gasteiger partial charge in [-0.2, -0.15) is 0 Å². The van der Waals surface area contributed by atoms with Gasteiger partial charge in [-0.25, -0.2) is 14.4 Å². The third kappa shape index (κ3) is 3.47. The van der Waals surface area contributed by atoms with Gasteiger partial charge in [0.2, 0.25) is 0 Å². The van der Waals surface area contributed by atoms with E-state index in [4.69, 9.17) is 0 Å². The van der Waals surface area contributed by atoms with Crippen LogP contribution in [0.4, 0.5) is 10.2 Å². The van der Waals surface area contributed by atoms with Gasteiger partial charge in [-0.15, -0.1) is 0 Å². The van der Waals surface area contributed by atoms with Crippen LogP contribution in [0, 0.1) is 5.82 Å². The molecule has 23 heavy (non-hydrogen) atoms. The van der Waals surface area contributed by atoms with Gasteiger partial charge < -0.3 is 5.32 Å². The van der Waals surface area contributed by atoms with Crippen molar-refractivity contribution in [1.82, 2.24) is 19.9 Å². The van der Waals surface area contributed by atoms with E-state index in [1.165, 1.54) is 19.0 Å². The van der Waals surface area contributed by atoms with E-state index in [-0.39, 0.29) is 5.82 Å². The molecule has 2 aliphatic rings. The number of likely N-dealkylation sites (tertiary alicyclic amines) is 1. The van der Waals surface area contributed by atoms with E-state index in [1.807, 2.05) is 12.3 Å². The Morgan fingerprint density at radius 1 is 1.22 bits per heavy atom. The largest absolute Gasteiger partial charge is 0.366 e. The van der Waals surface area contributed by atoms with Gasteiger partial charge in [0, 0.05) is 49.6 Å². The van der Waals surface area contributed by atoms with Gasteiger partial charge in [-0.3, -0.25) is 9.88 Å². The molecule has 0 radical (unpaired) electrons. The van der Waals surface area contributed by atoms with E-state index < -0.39 is 0 Å². The normalized spacial score (nSPS) is 21.5. The molecule has 4 rings (SSSR count). The van der Waals surface area contributed by atoms with Crippen LogP contribution in [0.2, 0.25) is 0 Å². The maximum absolute atomic E-state index is 13.7. The van der Waals surface area contributed by atoms with Gasteiger partial charge in [0.25, 0.3) is 0 Å². The van der Waals surface area contributed by atoms with Crippen molar-refractivity contribution >= 4 is 5.82 Å². The van der Waals surface area contributed by atoms with E-state index in [1.54, 1.807) is 12.3 Å². The van der Waals surface area contributed by atoms with Gasteiger partial charge in [0.05, 0.1) is 6.20 Å². The number of hydrogen-bond donors (Lipinski definition) is 1. The van der Waals surface area contributed by atoms with E-state index in [0.29, 0.717) is 24.1 Å². The standard InChI is InChI=1S/C17H20FN5/c18-15-9-19-6-3-13(15)10-23-8-5-14(11-23)21-16-4-7-20-17(22-16)12-1-2-12/h3-4,6-7,9,12,14H,1-2,5,8,10-11H2,(H,20,21,22). The highest BCUT2D eigenvalue weighted by atomic mass is 19.1. The van der Waals surface area contributed by atoms with E-state index >= 15 is 0 Å². The molecular weight excluding hydrogens is 293 g/mol. The van der Waals surface area contributed by atoms with Crippen molar-refractivity contribution in [3.8, 4) is 0 Å². The van der Waals surface area contributed by atoms with Crippen LogP contribution in [0.25, 0.3) is 0 Å². The minimum atomic E-state index is -0.228. The summed E-state index contributed by atoms with van der Waals surface area (Å²) in [4.78, 5) is 15.0. The molecule has 120 valence electrons. The molecular formula is C17H20FN5. The molecule has 1 aliphatic carbocycles. The SMILES string of the molecule is Fc1cnccc1CN1CCC(Nc2ccnc(C3CC3)n2)C1. The lowest BCUT2D eigenvalue weighted by molar-refractivity contribution is 0.322. The third-order valence-electron chi connectivity index (χ3n) is 4.49. The number of hydrogen-bond acceptors (Lipinski definition) is 5. The molecule has 5 nitrogen and oxygen atoms in total. The summed E-state index contributed by atoms with van der Waals surface area (Å²) in [5.41, 5.74) is 0.707. The van der Waals surface area contributed by atoms with Crippen molar-refractivity contribution in [3.05, 3.63) is 47.9 Å². The third-order valence-corrected chi connectivity index (χ3v) is 4.49. The Labute approximate surface area is 135 Å². The molecule has 0 bridgehead atoms. The van der Waals surface area contributed by atoms with Crippen molar-refractivity contribution in [3.63, 3.8) is 0 Å². The fourth-order valence-electron chi connectivity index (χ4n) is 3.07. The van der Waals surface area contributed by atoms with Crippen molar-refractivity contribution in [1.29, 1.82) is 0 Å². The van der Waals surface area contributed by atoms with E-state index in [0.717, 1.165) is 31.2 Å². The van der Waals surface area contributed by atoms with Crippen LogP contribution in [0.1, 0.15) is 36.6 Å². The van der Waals surface area contributed by atoms with Crippen LogP contribution >= 0.6 is 0 Å². The lowest BCUT2D eigenvalue weighted by Crippen LogP contribution is -2.26. The van der Waals surface area contributed by atoms with Gasteiger partial charge in [-0.05, 0) is 31.4 Å². The van der Waals surface area contributed by atoms with Crippen molar-refractivity contribution in [2.75, 3.05) is 18.4 Å². The highest BCUT2D eigenvalue weighted by Gasteiger charge is 2.27. The maximum atomic E-state index is 13.7. The first-order chi connectivity index (χ1) is 11.3. The molecule has 1 saturated heterocycles. The zero-order valence-electron chi connectivity index (χ0n) is 13.0. The molecule has 1 aliphatic heterocycles. The number of rotatable bonds is 5. The second-order valence-electron chi connectivity index (χ2n) is 6.41. The van der Waals surface area contributed by atoms with Crippen LogP contribution in [0.3, 0.4) is 0 Å². The van der Waals surface area contributed by atoms with Crippen LogP contribution in [0.5, 0.6) is 0 Å². The molecule has 0 amide bonds. The van der Waals surface area contributed by atoms with Crippen molar-refractivity contribution < 1.29 is 4.39 Å². The second kappa shape index (κ2) is 6.20. The molecule has 1 atom stereocenters. The van der Waals surface area contributed by atoms with E-state index in [2.05, 4.69) is 25.2 Å². The number of nitrogens with one attached hydrogen (secondary N) is 1. The number of halogens is 1. The van der Waals surface area contributed by atoms with Gasteiger partial charge >= 0.3 is 0 Å². The lowest BCUT2D eigenvalue weighted by Gasteiger charge is -2.17. The Hall–Kier alpha value is -2.08. The fraction of sp³-hybridized carbons (Fsp3) is 0.471. The zero-order valence-corrected chi connectivity index (χ0v) is 13.0. The Balaban J connectivity index is 1.35. The second-order valence-corrected chi connectivity index (χ2v) is 6.41. The van der Waals surface area contributed by atoms with Crippen molar-refractivity contribution in [2.24, 2.45) is 0 Å². The quantitative estimate of drug-likeness (QED) is 0.919. The molecule has 2 fully saturated rings. The fourth-order valence-corrected chi connectivity index (χ4v) is 3.07. The molecule has 0 aromatic carbocycles. The number of nitrogens with zero attached hydrogens (tertiary/aromatic N) is 4. The average molecular weight is 313 g/mol. The van der Waals surface area contributed by atoms with Crippen LogP contribution < -0.4 is 5.32 Å². The molecule has 2 aromatic heterocycles. The highest BCUT2D eigenvalue weighted by molar-refractivity contribution is 5.35.